The van der Waals surface area contributed by atoms with E-state index in [1.807, 2.05) is 54.6 Å². The zero-order valence-corrected chi connectivity index (χ0v) is 12.9. The van der Waals surface area contributed by atoms with Gasteiger partial charge in [0.15, 0.2) is 0 Å². The van der Waals surface area contributed by atoms with Crippen LogP contribution in [0.5, 0.6) is 5.75 Å². The summed E-state index contributed by atoms with van der Waals surface area (Å²) in [6, 6.07) is 17.3. The average Bonchev–Trinajstić information content (AvgIpc) is 3.34. The van der Waals surface area contributed by atoms with Gasteiger partial charge in [0.25, 0.3) is 5.89 Å². The van der Waals surface area contributed by atoms with Crippen LogP contribution in [-0.4, -0.2) is 27.4 Å². The van der Waals surface area contributed by atoms with Crippen LogP contribution in [0.25, 0.3) is 34.1 Å². The Morgan fingerprint density at radius 1 is 0.958 bits per heavy atom. The molecule has 0 spiro atoms. The Hall–Kier alpha value is -3.41. The molecule has 0 radical (unpaired) electrons. The molecular weight excluding hydrogens is 304 g/mol. The van der Waals surface area contributed by atoms with Crippen LogP contribution in [0.4, 0.5) is 0 Å². The summed E-state index contributed by atoms with van der Waals surface area (Å²) in [6.45, 7) is 0. The van der Waals surface area contributed by atoms with Gasteiger partial charge in [-0.05, 0) is 30.3 Å². The Kier molecular flexibility index (Phi) is 3.55. The Bertz CT molecular complexity index is 961. The molecule has 2 aromatic heterocycles. The Morgan fingerprint density at radius 3 is 2.62 bits per heavy atom. The summed E-state index contributed by atoms with van der Waals surface area (Å²) in [6.07, 6.45) is 1.72. The van der Waals surface area contributed by atoms with Crippen LogP contribution in [-0.2, 0) is 0 Å². The number of aromatic nitrogens is 4. The van der Waals surface area contributed by atoms with Crippen molar-refractivity contribution >= 4 is 0 Å². The van der Waals surface area contributed by atoms with Crippen molar-refractivity contribution in [1.82, 2.24) is 20.3 Å². The second kappa shape index (κ2) is 6.00. The van der Waals surface area contributed by atoms with E-state index in [-0.39, 0.29) is 0 Å². The zero-order chi connectivity index (χ0) is 16.4. The first-order chi connectivity index (χ1) is 11.8. The summed E-state index contributed by atoms with van der Waals surface area (Å²) >= 11 is 0. The van der Waals surface area contributed by atoms with Crippen LogP contribution < -0.4 is 4.74 Å². The first kappa shape index (κ1) is 14.2. The van der Waals surface area contributed by atoms with Gasteiger partial charge >= 0.3 is 0 Å². The lowest BCUT2D eigenvalue weighted by Gasteiger charge is -2.00. The fraction of sp³-hybridized carbons (Fsp3) is 0.0556. The first-order valence-electron chi connectivity index (χ1n) is 7.42. The molecule has 6 heteroatoms. The molecule has 0 saturated heterocycles. The van der Waals surface area contributed by atoms with E-state index in [9.17, 15) is 0 Å². The van der Waals surface area contributed by atoms with Gasteiger partial charge < -0.3 is 9.26 Å². The highest BCUT2D eigenvalue weighted by atomic mass is 16.5. The molecule has 1 N–H and O–H groups in total. The normalized spacial score (nSPS) is 10.7. The van der Waals surface area contributed by atoms with Gasteiger partial charge in [-0.1, -0.05) is 29.4 Å². The predicted molar refractivity (Wildman–Crippen MR) is 89.3 cm³/mol. The Balaban J connectivity index is 1.69. The Morgan fingerprint density at radius 2 is 1.79 bits per heavy atom. The summed E-state index contributed by atoms with van der Waals surface area (Å²) in [7, 11) is 1.62. The topological polar surface area (TPSA) is 76.8 Å². The molecule has 24 heavy (non-hydrogen) atoms. The van der Waals surface area contributed by atoms with Gasteiger partial charge in [-0.2, -0.15) is 10.1 Å². The van der Waals surface area contributed by atoms with Crippen molar-refractivity contribution in [3.8, 4) is 39.8 Å². The van der Waals surface area contributed by atoms with E-state index in [0.29, 0.717) is 11.7 Å². The SMILES string of the molecule is COc1cccc(-c2nc(-c3cccc(-c4ccn[nH]4)c3)no2)c1. The van der Waals surface area contributed by atoms with Crippen LogP contribution in [0.3, 0.4) is 0 Å². The van der Waals surface area contributed by atoms with Crippen molar-refractivity contribution in [3.63, 3.8) is 0 Å². The zero-order valence-electron chi connectivity index (χ0n) is 12.9. The number of benzene rings is 2. The second-order valence-corrected chi connectivity index (χ2v) is 5.21. The molecule has 6 nitrogen and oxygen atoms in total. The minimum absolute atomic E-state index is 0.454. The average molecular weight is 318 g/mol. The summed E-state index contributed by atoms with van der Waals surface area (Å²) in [4.78, 5) is 4.49. The minimum atomic E-state index is 0.454. The number of methoxy groups -OCH3 is 1. The molecule has 0 amide bonds. The van der Waals surface area contributed by atoms with E-state index in [0.717, 1.165) is 28.1 Å². The molecule has 4 aromatic rings. The van der Waals surface area contributed by atoms with Crippen LogP contribution in [0.15, 0.2) is 65.3 Å². The lowest BCUT2D eigenvalue weighted by molar-refractivity contribution is 0.413. The Labute approximate surface area is 138 Å². The predicted octanol–water partition coefficient (Wildman–Crippen LogP) is 3.80. The number of nitrogens with zero attached hydrogens (tertiary/aromatic N) is 3. The number of hydrogen-bond acceptors (Lipinski definition) is 5. The third-order valence-corrected chi connectivity index (χ3v) is 3.68. The number of aromatic amines is 1. The van der Waals surface area contributed by atoms with Gasteiger partial charge in [0.1, 0.15) is 5.75 Å². The van der Waals surface area contributed by atoms with Crippen LogP contribution in [0.2, 0.25) is 0 Å². The number of rotatable bonds is 4. The van der Waals surface area contributed by atoms with E-state index >= 15 is 0 Å². The quantitative estimate of drug-likeness (QED) is 0.619. The highest BCUT2D eigenvalue weighted by Gasteiger charge is 2.12. The standard InChI is InChI=1S/C18H14N4O2/c1-23-15-7-3-6-14(11-15)18-20-17(22-24-18)13-5-2-4-12(10-13)16-8-9-19-21-16/h2-11H,1H3,(H,19,21). The van der Waals surface area contributed by atoms with Crippen LogP contribution in [0.1, 0.15) is 0 Å². The maximum Gasteiger partial charge on any atom is 0.258 e. The van der Waals surface area contributed by atoms with Gasteiger partial charge in [0.2, 0.25) is 5.82 Å². The molecule has 0 bridgehead atoms. The summed E-state index contributed by atoms with van der Waals surface area (Å²) in [5, 5.41) is 11.0. The molecule has 2 heterocycles. The van der Waals surface area contributed by atoms with Gasteiger partial charge in [0.05, 0.1) is 12.8 Å². The second-order valence-electron chi connectivity index (χ2n) is 5.21. The van der Waals surface area contributed by atoms with E-state index in [4.69, 9.17) is 9.26 Å². The molecule has 0 atom stereocenters. The van der Waals surface area contributed by atoms with Crippen molar-refractivity contribution in [1.29, 1.82) is 0 Å². The summed E-state index contributed by atoms with van der Waals surface area (Å²) in [5.74, 6) is 1.73. The molecule has 0 aliphatic rings. The lowest BCUT2D eigenvalue weighted by atomic mass is 10.1. The van der Waals surface area contributed by atoms with Gasteiger partial charge in [-0.3, -0.25) is 5.10 Å². The third kappa shape index (κ3) is 2.65. The van der Waals surface area contributed by atoms with Crippen LogP contribution in [0, 0.1) is 0 Å². The molecule has 2 aromatic carbocycles. The van der Waals surface area contributed by atoms with Crippen molar-refractivity contribution in [2.75, 3.05) is 7.11 Å². The van der Waals surface area contributed by atoms with Gasteiger partial charge in [-0.25, -0.2) is 0 Å². The fourth-order valence-corrected chi connectivity index (χ4v) is 2.46. The molecule has 4 rings (SSSR count). The highest BCUT2D eigenvalue weighted by molar-refractivity contribution is 5.68. The van der Waals surface area contributed by atoms with E-state index < -0.39 is 0 Å². The monoisotopic (exact) mass is 318 g/mol. The van der Waals surface area contributed by atoms with E-state index in [1.54, 1.807) is 13.3 Å². The van der Waals surface area contributed by atoms with Crippen molar-refractivity contribution in [3.05, 3.63) is 60.8 Å². The van der Waals surface area contributed by atoms with E-state index in [2.05, 4.69) is 20.3 Å². The fourth-order valence-electron chi connectivity index (χ4n) is 2.46. The molecule has 0 aliphatic carbocycles. The first-order valence-corrected chi connectivity index (χ1v) is 7.42. The highest BCUT2D eigenvalue weighted by Crippen LogP contribution is 2.27. The number of nitrogens with one attached hydrogen (secondary N) is 1. The largest absolute Gasteiger partial charge is 0.497 e. The molecule has 0 aliphatic heterocycles. The lowest BCUT2D eigenvalue weighted by Crippen LogP contribution is -1.85. The molecule has 0 unspecified atom stereocenters. The summed E-state index contributed by atoms with van der Waals surface area (Å²) < 4.78 is 10.6. The smallest absolute Gasteiger partial charge is 0.258 e. The molecule has 0 fully saturated rings. The molecule has 118 valence electrons. The van der Waals surface area contributed by atoms with Gasteiger partial charge in [0, 0.05) is 22.9 Å². The maximum atomic E-state index is 5.40. The number of hydrogen-bond donors (Lipinski definition) is 1. The molecule has 0 saturated carbocycles. The number of ether oxygens (including phenoxy) is 1. The van der Waals surface area contributed by atoms with E-state index in [1.165, 1.54) is 0 Å². The molecular formula is C18H14N4O2. The maximum absolute atomic E-state index is 5.40. The van der Waals surface area contributed by atoms with Gasteiger partial charge in [-0.15, -0.1) is 0 Å². The van der Waals surface area contributed by atoms with Crippen molar-refractivity contribution in [2.24, 2.45) is 0 Å². The number of H-pyrrole nitrogens is 1. The summed E-state index contributed by atoms with van der Waals surface area (Å²) in [5.41, 5.74) is 3.64. The minimum Gasteiger partial charge on any atom is -0.497 e. The van der Waals surface area contributed by atoms with Crippen LogP contribution >= 0.6 is 0 Å². The van der Waals surface area contributed by atoms with Crippen molar-refractivity contribution in [2.45, 2.75) is 0 Å². The van der Waals surface area contributed by atoms with Crippen molar-refractivity contribution < 1.29 is 9.26 Å². The third-order valence-electron chi connectivity index (χ3n) is 3.68.